The summed E-state index contributed by atoms with van der Waals surface area (Å²) in [4.78, 5) is 52.9. The van der Waals surface area contributed by atoms with Gasteiger partial charge in [0.05, 0.1) is 35.2 Å². The number of nitrogens with two attached hydrogens (primary N) is 1. The normalized spacial score (nSPS) is 34.6. The number of carbonyl (C=O) groups is 4. The number of amides is 4. The van der Waals surface area contributed by atoms with Crippen LogP contribution in [0.2, 0.25) is 5.02 Å². The molecular formula is C20H21ClN4O5. The van der Waals surface area contributed by atoms with E-state index in [9.17, 15) is 19.2 Å². The van der Waals surface area contributed by atoms with Crippen molar-refractivity contribution in [2.75, 3.05) is 18.5 Å². The third kappa shape index (κ3) is 2.55. The fraction of sp³-hybridized carbons (Fsp3) is 0.500. The number of nitrogens with one attached hydrogen (secondary N) is 2. The number of halogens is 1. The van der Waals surface area contributed by atoms with Crippen LogP contribution in [0.3, 0.4) is 0 Å². The molecule has 5 atom stereocenters. The Morgan fingerprint density at radius 2 is 2.10 bits per heavy atom. The molecule has 30 heavy (non-hydrogen) atoms. The lowest BCUT2D eigenvalue weighted by Crippen LogP contribution is -2.54. The Kier molecular flexibility index (Phi) is 4.39. The van der Waals surface area contributed by atoms with Gasteiger partial charge in [-0.3, -0.25) is 29.4 Å². The number of primary amides is 1. The number of carbonyl (C=O) groups excluding carboxylic acids is 4. The van der Waals surface area contributed by atoms with Gasteiger partial charge in [-0.1, -0.05) is 23.7 Å². The van der Waals surface area contributed by atoms with Crippen LogP contribution in [0.1, 0.15) is 24.8 Å². The van der Waals surface area contributed by atoms with Crippen molar-refractivity contribution in [2.24, 2.45) is 17.6 Å². The molecule has 10 heteroatoms. The number of hydrogen-bond donors (Lipinski definition) is 3. The molecule has 0 aliphatic carbocycles. The van der Waals surface area contributed by atoms with Gasteiger partial charge in [0.2, 0.25) is 23.6 Å². The van der Waals surface area contributed by atoms with Gasteiger partial charge in [0.1, 0.15) is 5.54 Å². The van der Waals surface area contributed by atoms with Gasteiger partial charge in [-0.2, -0.15) is 0 Å². The summed E-state index contributed by atoms with van der Waals surface area (Å²) < 4.78 is 5.60. The zero-order chi connectivity index (χ0) is 21.2. The molecule has 4 heterocycles. The van der Waals surface area contributed by atoms with E-state index in [-0.39, 0.29) is 19.1 Å². The average Bonchev–Trinajstić information content (AvgIpc) is 3.42. The first kappa shape index (κ1) is 19.5. The molecular weight excluding hydrogens is 412 g/mol. The van der Waals surface area contributed by atoms with Gasteiger partial charge in [0, 0.05) is 24.6 Å². The molecule has 4 amide bonds. The Morgan fingerprint density at radius 1 is 1.30 bits per heavy atom. The minimum Gasteiger partial charge on any atom is -0.376 e. The van der Waals surface area contributed by atoms with Gasteiger partial charge in [0.15, 0.2) is 0 Å². The van der Waals surface area contributed by atoms with Gasteiger partial charge in [0.25, 0.3) is 0 Å². The lowest BCUT2D eigenvalue weighted by molar-refractivity contribution is -0.144. The standard InChI is InChI=1S/C20H21ClN4O5/c21-11-5-1-4-10-16(11)23-19(29)20(10)15-14(12(24-20)7-13(22)26)17(27)25(18(15)28)8-9-3-2-6-30-9/h1,4-5,9,12,14-15,24H,2-3,6-8H2,(H2,22,26)(H,23,29)/t9-,12-,14-,15+,20+/m0/s1. The SMILES string of the molecule is NC(=O)C[C@@H]1N[C@@]2(C(=O)Nc3c(Cl)cccc32)[C@H]2C(=O)N(C[C@@H]3CCCO3)C(=O)[C@@H]12. The van der Waals surface area contributed by atoms with E-state index in [1.54, 1.807) is 18.2 Å². The molecule has 158 valence electrons. The molecule has 9 nitrogen and oxygen atoms in total. The van der Waals surface area contributed by atoms with E-state index in [0.717, 1.165) is 12.8 Å². The van der Waals surface area contributed by atoms with Crippen molar-refractivity contribution >= 4 is 40.9 Å². The Balaban J connectivity index is 1.60. The topological polar surface area (TPSA) is 131 Å². The van der Waals surface area contributed by atoms with Crippen LogP contribution in [-0.2, 0) is 29.5 Å². The maximum Gasteiger partial charge on any atom is 0.250 e. The van der Waals surface area contributed by atoms with Crippen molar-refractivity contribution in [1.29, 1.82) is 0 Å². The highest BCUT2D eigenvalue weighted by Gasteiger charge is 2.70. The van der Waals surface area contributed by atoms with Crippen LogP contribution < -0.4 is 16.4 Å². The molecule has 1 spiro atoms. The average molecular weight is 433 g/mol. The van der Waals surface area contributed by atoms with Crippen molar-refractivity contribution in [3.63, 3.8) is 0 Å². The molecule has 4 N–H and O–H groups in total. The van der Waals surface area contributed by atoms with E-state index in [2.05, 4.69) is 10.6 Å². The van der Waals surface area contributed by atoms with Crippen LogP contribution in [0.5, 0.6) is 0 Å². The smallest absolute Gasteiger partial charge is 0.250 e. The second-order valence-electron chi connectivity index (χ2n) is 8.27. The number of ether oxygens (including phenoxy) is 1. The number of nitrogens with zero attached hydrogens (tertiary/aromatic N) is 1. The third-order valence-corrected chi connectivity index (χ3v) is 6.94. The van der Waals surface area contributed by atoms with E-state index in [1.165, 1.54) is 4.90 Å². The molecule has 0 saturated carbocycles. The summed E-state index contributed by atoms with van der Waals surface area (Å²) in [6.07, 6.45) is 1.25. The summed E-state index contributed by atoms with van der Waals surface area (Å²) >= 11 is 6.27. The second kappa shape index (κ2) is 6.76. The first-order chi connectivity index (χ1) is 14.3. The van der Waals surface area contributed by atoms with Gasteiger partial charge < -0.3 is 15.8 Å². The third-order valence-electron chi connectivity index (χ3n) is 6.62. The van der Waals surface area contributed by atoms with Crippen LogP contribution >= 0.6 is 11.6 Å². The lowest BCUT2D eigenvalue weighted by atomic mass is 9.76. The van der Waals surface area contributed by atoms with Crippen LogP contribution in [0.15, 0.2) is 18.2 Å². The number of likely N-dealkylation sites (tertiary alicyclic amines) is 1. The van der Waals surface area contributed by atoms with Crippen LogP contribution in [0.4, 0.5) is 5.69 Å². The summed E-state index contributed by atoms with van der Waals surface area (Å²) in [5.41, 5.74) is 4.84. The predicted octanol–water partition coefficient (Wildman–Crippen LogP) is 0.115. The number of benzene rings is 1. The molecule has 0 aromatic heterocycles. The van der Waals surface area contributed by atoms with Crippen molar-refractivity contribution < 1.29 is 23.9 Å². The van der Waals surface area contributed by atoms with Gasteiger partial charge in [-0.15, -0.1) is 0 Å². The monoisotopic (exact) mass is 432 g/mol. The van der Waals surface area contributed by atoms with E-state index >= 15 is 0 Å². The molecule has 3 saturated heterocycles. The molecule has 3 fully saturated rings. The fourth-order valence-electron chi connectivity index (χ4n) is 5.42. The highest BCUT2D eigenvalue weighted by molar-refractivity contribution is 6.35. The van der Waals surface area contributed by atoms with Crippen molar-refractivity contribution in [3.05, 3.63) is 28.8 Å². The molecule has 1 aromatic carbocycles. The molecule has 1 aromatic rings. The Labute approximate surface area is 177 Å². The lowest BCUT2D eigenvalue weighted by Gasteiger charge is -2.30. The molecule has 5 rings (SSSR count). The predicted molar refractivity (Wildman–Crippen MR) is 105 cm³/mol. The zero-order valence-electron chi connectivity index (χ0n) is 16.0. The van der Waals surface area contributed by atoms with Crippen LogP contribution in [-0.4, -0.2) is 53.8 Å². The molecule has 0 unspecified atom stereocenters. The first-order valence-corrected chi connectivity index (χ1v) is 10.4. The zero-order valence-corrected chi connectivity index (χ0v) is 16.8. The van der Waals surface area contributed by atoms with Crippen LogP contribution in [0, 0.1) is 11.8 Å². The fourth-order valence-corrected chi connectivity index (χ4v) is 5.64. The quantitative estimate of drug-likeness (QED) is 0.579. The van der Waals surface area contributed by atoms with E-state index in [4.69, 9.17) is 22.1 Å². The summed E-state index contributed by atoms with van der Waals surface area (Å²) in [5.74, 6) is -3.79. The van der Waals surface area contributed by atoms with Crippen molar-refractivity contribution in [2.45, 2.75) is 36.9 Å². The van der Waals surface area contributed by atoms with E-state index in [0.29, 0.717) is 22.9 Å². The largest absolute Gasteiger partial charge is 0.376 e. The van der Waals surface area contributed by atoms with Crippen molar-refractivity contribution in [3.8, 4) is 0 Å². The number of imide groups is 1. The Morgan fingerprint density at radius 3 is 2.80 bits per heavy atom. The number of fused-ring (bicyclic) bond motifs is 4. The number of hydrogen-bond acceptors (Lipinski definition) is 6. The first-order valence-electron chi connectivity index (χ1n) is 9.98. The Hall–Kier alpha value is -2.49. The molecule has 4 aliphatic heterocycles. The molecule has 0 bridgehead atoms. The van der Waals surface area contributed by atoms with Gasteiger partial charge in [-0.25, -0.2) is 0 Å². The van der Waals surface area contributed by atoms with Gasteiger partial charge >= 0.3 is 0 Å². The van der Waals surface area contributed by atoms with E-state index < -0.39 is 47.0 Å². The summed E-state index contributed by atoms with van der Waals surface area (Å²) in [7, 11) is 0. The molecule has 0 radical (unpaired) electrons. The Bertz CT molecular complexity index is 978. The number of rotatable bonds is 4. The summed E-state index contributed by atoms with van der Waals surface area (Å²) in [5, 5.41) is 6.22. The number of para-hydroxylation sites is 1. The van der Waals surface area contributed by atoms with E-state index in [1.807, 2.05) is 0 Å². The maximum atomic E-state index is 13.5. The maximum absolute atomic E-state index is 13.5. The summed E-state index contributed by atoms with van der Waals surface area (Å²) in [6, 6.07) is 4.29. The number of anilines is 1. The molecule has 4 aliphatic rings. The summed E-state index contributed by atoms with van der Waals surface area (Å²) in [6.45, 7) is 0.742. The minimum absolute atomic E-state index is 0.147. The highest BCUT2D eigenvalue weighted by atomic mass is 35.5. The van der Waals surface area contributed by atoms with Crippen LogP contribution in [0.25, 0.3) is 0 Å². The second-order valence-corrected chi connectivity index (χ2v) is 8.68. The minimum atomic E-state index is -1.48. The highest BCUT2D eigenvalue weighted by Crippen LogP contribution is 2.54. The van der Waals surface area contributed by atoms with Crippen molar-refractivity contribution in [1.82, 2.24) is 10.2 Å². The van der Waals surface area contributed by atoms with Gasteiger partial charge in [-0.05, 0) is 18.9 Å².